The Labute approximate surface area is 180 Å². The first-order valence-corrected chi connectivity index (χ1v) is 11.1. The highest BCUT2D eigenvalue weighted by Gasteiger charge is 2.25. The number of rotatable bonds is 4. The molecule has 0 unspecified atom stereocenters. The van der Waals surface area contributed by atoms with E-state index in [0.717, 1.165) is 57.8 Å². The molecular formula is C24H23N5S. The number of nitrogens with zero attached hydrogens (tertiary/aromatic N) is 5. The maximum atomic E-state index is 5.06. The molecule has 30 heavy (non-hydrogen) atoms. The van der Waals surface area contributed by atoms with Crippen LogP contribution in [0.25, 0.3) is 16.7 Å². The van der Waals surface area contributed by atoms with Crippen molar-refractivity contribution in [3.05, 3.63) is 78.0 Å². The summed E-state index contributed by atoms with van der Waals surface area (Å²) in [6.07, 6.45) is 1.07. The van der Waals surface area contributed by atoms with Gasteiger partial charge < -0.3 is 4.90 Å². The summed E-state index contributed by atoms with van der Waals surface area (Å²) in [6, 6.07) is 22.6. The van der Waals surface area contributed by atoms with Gasteiger partial charge in [-0.05, 0) is 55.4 Å². The summed E-state index contributed by atoms with van der Waals surface area (Å²) >= 11 is 1.65. The van der Waals surface area contributed by atoms with E-state index in [1.54, 1.807) is 11.8 Å². The van der Waals surface area contributed by atoms with Crippen LogP contribution in [0.1, 0.15) is 24.6 Å². The first-order chi connectivity index (χ1) is 14.7. The third kappa shape index (κ3) is 3.48. The second-order valence-corrected chi connectivity index (χ2v) is 8.37. The summed E-state index contributed by atoms with van der Waals surface area (Å²) in [6.45, 7) is 6.05. The van der Waals surface area contributed by atoms with E-state index in [0.29, 0.717) is 0 Å². The minimum absolute atomic E-state index is 0.820. The molecule has 0 saturated heterocycles. The van der Waals surface area contributed by atoms with Crippen LogP contribution in [0.15, 0.2) is 76.7 Å². The molecule has 2 aromatic heterocycles. The van der Waals surface area contributed by atoms with Crippen molar-refractivity contribution in [2.24, 2.45) is 4.99 Å². The van der Waals surface area contributed by atoms with E-state index in [-0.39, 0.29) is 0 Å². The lowest BCUT2D eigenvalue weighted by atomic mass is 10.2. The minimum Gasteiger partial charge on any atom is -0.346 e. The van der Waals surface area contributed by atoms with Gasteiger partial charge >= 0.3 is 0 Å². The number of hydrogen-bond acceptors (Lipinski definition) is 4. The van der Waals surface area contributed by atoms with Crippen molar-refractivity contribution in [2.45, 2.75) is 31.8 Å². The second kappa shape index (κ2) is 7.95. The predicted molar refractivity (Wildman–Crippen MR) is 124 cm³/mol. The third-order valence-corrected chi connectivity index (χ3v) is 6.26. The van der Waals surface area contributed by atoms with Gasteiger partial charge in [0.05, 0.1) is 17.1 Å². The highest BCUT2D eigenvalue weighted by molar-refractivity contribution is 8.13. The van der Waals surface area contributed by atoms with Crippen LogP contribution in [-0.4, -0.2) is 31.4 Å². The smallest absolute Gasteiger partial charge is 0.171 e. The lowest BCUT2D eigenvalue weighted by molar-refractivity contribution is 0.412. The second-order valence-electron chi connectivity index (χ2n) is 7.41. The van der Waals surface area contributed by atoms with E-state index in [1.807, 2.05) is 53.2 Å². The SMILES string of the molecule is CCCN1Cc2cc3c(C)nn(-c4ccccc4)c3nc2SC1=Nc1ccccc1. The van der Waals surface area contributed by atoms with E-state index < -0.39 is 0 Å². The zero-order chi connectivity index (χ0) is 20.5. The van der Waals surface area contributed by atoms with Crippen LogP contribution in [0.2, 0.25) is 0 Å². The van der Waals surface area contributed by atoms with Crippen molar-refractivity contribution < 1.29 is 0 Å². The number of hydrogen-bond donors (Lipinski definition) is 0. The molecule has 0 fully saturated rings. The summed E-state index contributed by atoms with van der Waals surface area (Å²) in [4.78, 5) is 12.3. The van der Waals surface area contributed by atoms with Crippen molar-refractivity contribution in [3.8, 4) is 5.69 Å². The van der Waals surface area contributed by atoms with E-state index in [4.69, 9.17) is 15.1 Å². The molecular weight excluding hydrogens is 390 g/mol. The standard InChI is InChI=1S/C24H23N5S/c1-3-14-28-16-18-15-21-17(2)27-29(20-12-8-5-9-13-20)22(21)26-23(18)30-24(28)25-19-10-6-4-7-11-19/h4-13,15H,3,14,16H2,1-2H3. The summed E-state index contributed by atoms with van der Waals surface area (Å²) in [5.74, 6) is 0. The van der Waals surface area contributed by atoms with Crippen molar-refractivity contribution in [3.63, 3.8) is 0 Å². The fraction of sp³-hybridized carbons (Fsp3) is 0.208. The van der Waals surface area contributed by atoms with Gasteiger partial charge in [-0.25, -0.2) is 14.7 Å². The number of amidine groups is 1. The molecule has 0 bridgehead atoms. The molecule has 0 aliphatic carbocycles. The summed E-state index contributed by atoms with van der Waals surface area (Å²) in [7, 11) is 0. The van der Waals surface area contributed by atoms with Gasteiger partial charge in [0.1, 0.15) is 5.03 Å². The molecule has 1 aliphatic rings. The Balaban J connectivity index is 1.61. The number of para-hydroxylation sites is 2. The summed E-state index contributed by atoms with van der Waals surface area (Å²) in [5, 5.41) is 7.90. The van der Waals surface area contributed by atoms with Crippen LogP contribution >= 0.6 is 11.8 Å². The largest absolute Gasteiger partial charge is 0.346 e. The lowest BCUT2D eigenvalue weighted by Crippen LogP contribution is -2.32. The first-order valence-electron chi connectivity index (χ1n) is 10.2. The van der Waals surface area contributed by atoms with E-state index in [9.17, 15) is 0 Å². The van der Waals surface area contributed by atoms with Gasteiger partial charge in [-0.2, -0.15) is 5.10 Å². The van der Waals surface area contributed by atoms with Crippen molar-refractivity contribution in [1.29, 1.82) is 0 Å². The van der Waals surface area contributed by atoms with Crippen LogP contribution in [-0.2, 0) is 6.54 Å². The van der Waals surface area contributed by atoms with E-state index >= 15 is 0 Å². The molecule has 0 spiro atoms. The zero-order valence-electron chi connectivity index (χ0n) is 17.1. The van der Waals surface area contributed by atoms with E-state index in [2.05, 4.69) is 36.9 Å². The Bertz CT molecular complexity index is 1210. The maximum Gasteiger partial charge on any atom is 0.171 e. The third-order valence-electron chi connectivity index (χ3n) is 5.18. The van der Waals surface area contributed by atoms with E-state index in [1.165, 1.54) is 5.56 Å². The number of pyridine rings is 1. The zero-order valence-corrected chi connectivity index (χ0v) is 17.9. The molecule has 5 nitrogen and oxygen atoms in total. The van der Waals surface area contributed by atoms with Gasteiger partial charge in [0.2, 0.25) is 0 Å². The normalized spacial score (nSPS) is 15.0. The minimum atomic E-state index is 0.820. The fourth-order valence-electron chi connectivity index (χ4n) is 3.73. The molecule has 0 amide bonds. The highest BCUT2D eigenvalue weighted by atomic mass is 32.2. The van der Waals surface area contributed by atoms with Gasteiger partial charge in [0, 0.05) is 24.0 Å². The number of aromatic nitrogens is 3. The van der Waals surface area contributed by atoms with Crippen molar-refractivity contribution in [1.82, 2.24) is 19.7 Å². The number of thioether (sulfide) groups is 1. The molecule has 1 aliphatic heterocycles. The first kappa shape index (κ1) is 18.9. The molecule has 6 heteroatoms. The Hall–Kier alpha value is -3.12. The monoisotopic (exact) mass is 413 g/mol. The number of aryl methyl sites for hydroxylation is 1. The lowest BCUT2D eigenvalue weighted by Gasteiger charge is -2.30. The summed E-state index contributed by atoms with van der Waals surface area (Å²) < 4.78 is 1.94. The number of fused-ring (bicyclic) bond motifs is 2. The molecule has 5 rings (SSSR count). The quantitative estimate of drug-likeness (QED) is 0.428. The van der Waals surface area contributed by atoms with Crippen LogP contribution in [0, 0.1) is 6.92 Å². The van der Waals surface area contributed by atoms with Gasteiger partial charge in [-0.3, -0.25) is 0 Å². The van der Waals surface area contributed by atoms with Gasteiger partial charge in [0.15, 0.2) is 10.8 Å². The average Bonchev–Trinajstić information content (AvgIpc) is 3.10. The van der Waals surface area contributed by atoms with Crippen LogP contribution in [0.3, 0.4) is 0 Å². The molecule has 0 radical (unpaired) electrons. The average molecular weight is 414 g/mol. The Morgan fingerprint density at radius 1 is 1.03 bits per heavy atom. The summed E-state index contributed by atoms with van der Waals surface area (Å²) in [5.41, 5.74) is 5.13. The van der Waals surface area contributed by atoms with Gasteiger partial charge in [-0.15, -0.1) is 0 Å². The van der Waals surface area contributed by atoms with Gasteiger partial charge in [0.25, 0.3) is 0 Å². The van der Waals surface area contributed by atoms with Crippen molar-refractivity contribution >= 4 is 33.7 Å². The van der Waals surface area contributed by atoms with Crippen molar-refractivity contribution in [2.75, 3.05) is 6.54 Å². The topological polar surface area (TPSA) is 46.3 Å². The number of aliphatic imine (C=N–C) groups is 1. The molecule has 150 valence electrons. The maximum absolute atomic E-state index is 5.06. The molecule has 0 N–H and O–H groups in total. The predicted octanol–water partition coefficient (Wildman–Crippen LogP) is 5.73. The van der Waals surface area contributed by atoms with Crippen LogP contribution in [0.4, 0.5) is 5.69 Å². The molecule has 4 aromatic rings. The van der Waals surface area contributed by atoms with Crippen LogP contribution < -0.4 is 0 Å². The highest BCUT2D eigenvalue weighted by Crippen LogP contribution is 2.35. The molecule has 0 saturated carbocycles. The van der Waals surface area contributed by atoms with Gasteiger partial charge in [-0.1, -0.05) is 43.3 Å². The fourth-order valence-corrected chi connectivity index (χ4v) is 4.73. The molecule has 3 heterocycles. The molecule has 2 aromatic carbocycles. The Morgan fingerprint density at radius 2 is 1.77 bits per heavy atom. The Morgan fingerprint density at radius 3 is 2.50 bits per heavy atom. The molecule has 0 atom stereocenters. The van der Waals surface area contributed by atoms with Crippen LogP contribution in [0.5, 0.6) is 0 Å². The Kier molecular flexibility index (Phi) is 5.01. The number of benzene rings is 2.